The van der Waals surface area contributed by atoms with Crippen LogP contribution >= 0.6 is 0 Å². The van der Waals surface area contributed by atoms with E-state index in [-0.39, 0.29) is 18.0 Å². The smallest absolute Gasteiger partial charge is 0.275 e. The van der Waals surface area contributed by atoms with Crippen molar-refractivity contribution in [1.82, 2.24) is 20.2 Å². The monoisotopic (exact) mass is 178 g/mol. The standard InChI is InChI=1S/C7H6N4O2/c12-3-6-8-1-4-5(10-6)2-9-11-7(4)13/h1-2,12H,3H2,(H,11,13). The van der Waals surface area contributed by atoms with Crippen molar-refractivity contribution in [2.45, 2.75) is 6.61 Å². The number of hydrogen-bond acceptors (Lipinski definition) is 5. The van der Waals surface area contributed by atoms with Crippen molar-refractivity contribution in [1.29, 1.82) is 0 Å². The second kappa shape index (κ2) is 2.91. The molecular formula is C7H6N4O2. The largest absolute Gasteiger partial charge is 0.388 e. The predicted molar refractivity (Wildman–Crippen MR) is 43.9 cm³/mol. The van der Waals surface area contributed by atoms with Gasteiger partial charge in [0.25, 0.3) is 5.56 Å². The molecule has 0 saturated carbocycles. The lowest BCUT2D eigenvalue weighted by molar-refractivity contribution is 0.272. The van der Waals surface area contributed by atoms with E-state index in [0.717, 1.165) is 0 Å². The number of aliphatic hydroxyl groups excluding tert-OH is 1. The van der Waals surface area contributed by atoms with E-state index in [4.69, 9.17) is 5.11 Å². The number of nitrogens with one attached hydrogen (secondary N) is 1. The minimum atomic E-state index is -0.331. The van der Waals surface area contributed by atoms with Crippen molar-refractivity contribution in [3.05, 3.63) is 28.6 Å². The van der Waals surface area contributed by atoms with Gasteiger partial charge >= 0.3 is 0 Å². The van der Waals surface area contributed by atoms with Gasteiger partial charge < -0.3 is 5.11 Å². The van der Waals surface area contributed by atoms with Crippen LogP contribution in [-0.4, -0.2) is 25.3 Å². The number of nitrogens with zero attached hydrogens (tertiary/aromatic N) is 3. The fourth-order valence-corrected chi connectivity index (χ4v) is 0.995. The van der Waals surface area contributed by atoms with Crippen molar-refractivity contribution in [2.75, 3.05) is 0 Å². The van der Waals surface area contributed by atoms with Gasteiger partial charge in [0.1, 0.15) is 6.61 Å². The van der Waals surface area contributed by atoms with Crippen molar-refractivity contribution < 1.29 is 5.11 Å². The van der Waals surface area contributed by atoms with Crippen LogP contribution in [-0.2, 0) is 6.61 Å². The van der Waals surface area contributed by atoms with Crippen LogP contribution < -0.4 is 5.56 Å². The molecule has 6 heteroatoms. The molecule has 2 aromatic heterocycles. The lowest BCUT2D eigenvalue weighted by Gasteiger charge is -1.96. The summed E-state index contributed by atoms with van der Waals surface area (Å²) in [5.74, 6) is 0.278. The Morgan fingerprint density at radius 3 is 3.08 bits per heavy atom. The quantitative estimate of drug-likeness (QED) is 0.596. The maximum absolute atomic E-state index is 11.1. The highest BCUT2D eigenvalue weighted by molar-refractivity contribution is 5.74. The summed E-state index contributed by atoms with van der Waals surface area (Å²) in [7, 11) is 0. The Labute approximate surface area is 72.3 Å². The molecule has 0 aliphatic rings. The van der Waals surface area contributed by atoms with Crippen LogP contribution in [0, 0.1) is 0 Å². The van der Waals surface area contributed by atoms with Crippen LogP contribution in [0.4, 0.5) is 0 Å². The summed E-state index contributed by atoms with van der Waals surface area (Å²) in [4.78, 5) is 18.8. The zero-order valence-corrected chi connectivity index (χ0v) is 6.56. The molecule has 2 rings (SSSR count). The minimum absolute atomic E-state index is 0.247. The van der Waals surface area contributed by atoms with Gasteiger partial charge in [0, 0.05) is 6.20 Å². The average Bonchev–Trinajstić information content (AvgIpc) is 2.18. The normalized spacial score (nSPS) is 10.5. The first-order valence-electron chi connectivity index (χ1n) is 3.61. The molecule has 0 bridgehead atoms. The summed E-state index contributed by atoms with van der Waals surface area (Å²) >= 11 is 0. The summed E-state index contributed by atoms with van der Waals surface area (Å²) in [5.41, 5.74) is 0.102. The van der Waals surface area contributed by atoms with Gasteiger partial charge in [-0.3, -0.25) is 4.79 Å². The van der Waals surface area contributed by atoms with Crippen molar-refractivity contribution in [3.63, 3.8) is 0 Å². The fraction of sp³-hybridized carbons (Fsp3) is 0.143. The molecular weight excluding hydrogens is 172 g/mol. The van der Waals surface area contributed by atoms with Crippen molar-refractivity contribution in [2.24, 2.45) is 0 Å². The Balaban J connectivity index is 2.80. The summed E-state index contributed by atoms with van der Waals surface area (Å²) in [6, 6.07) is 0. The second-order valence-electron chi connectivity index (χ2n) is 2.44. The third-order valence-corrected chi connectivity index (χ3v) is 1.61. The third kappa shape index (κ3) is 1.27. The van der Waals surface area contributed by atoms with E-state index in [1.165, 1.54) is 12.4 Å². The molecule has 13 heavy (non-hydrogen) atoms. The maximum atomic E-state index is 11.1. The van der Waals surface area contributed by atoms with Gasteiger partial charge in [0.2, 0.25) is 0 Å². The molecule has 2 aromatic rings. The van der Waals surface area contributed by atoms with Crippen LogP contribution in [0.5, 0.6) is 0 Å². The van der Waals surface area contributed by atoms with Gasteiger partial charge in [-0.15, -0.1) is 0 Å². The third-order valence-electron chi connectivity index (χ3n) is 1.61. The first kappa shape index (κ1) is 7.81. The molecule has 6 nitrogen and oxygen atoms in total. The first-order chi connectivity index (χ1) is 6.31. The van der Waals surface area contributed by atoms with Gasteiger partial charge in [0.15, 0.2) is 5.82 Å². The Hall–Kier alpha value is -1.82. The molecule has 0 radical (unpaired) electrons. The van der Waals surface area contributed by atoms with Gasteiger partial charge in [0.05, 0.1) is 17.1 Å². The zero-order chi connectivity index (χ0) is 9.26. The van der Waals surface area contributed by atoms with Crippen LogP contribution in [0.15, 0.2) is 17.2 Å². The summed E-state index contributed by atoms with van der Waals surface area (Å²) in [6.45, 7) is -0.247. The van der Waals surface area contributed by atoms with Crippen molar-refractivity contribution >= 4 is 10.9 Å². The van der Waals surface area contributed by atoms with Crippen LogP contribution in [0.25, 0.3) is 10.9 Å². The topological polar surface area (TPSA) is 91.8 Å². The van der Waals surface area contributed by atoms with Crippen molar-refractivity contribution in [3.8, 4) is 0 Å². The Morgan fingerprint density at radius 1 is 1.46 bits per heavy atom. The number of rotatable bonds is 1. The number of hydrogen-bond donors (Lipinski definition) is 2. The Bertz CT molecular complexity index is 493. The predicted octanol–water partition coefficient (Wildman–Crippen LogP) is -0.795. The van der Waals surface area contributed by atoms with Crippen LogP contribution in [0.2, 0.25) is 0 Å². The summed E-state index contributed by atoms with van der Waals surface area (Å²) < 4.78 is 0. The molecule has 0 spiro atoms. The van der Waals surface area contributed by atoms with Gasteiger partial charge in [-0.05, 0) is 0 Å². The first-order valence-corrected chi connectivity index (χ1v) is 3.61. The van der Waals surface area contributed by atoms with E-state index >= 15 is 0 Å². The molecule has 0 aromatic carbocycles. The lowest BCUT2D eigenvalue weighted by atomic mass is 10.3. The zero-order valence-electron chi connectivity index (χ0n) is 6.56. The Kier molecular flexibility index (Phi) is 1.75. The molecule has 0 unspecified atom stereocenters. The average molecular weight is 178 g/mol. The SMILES string of the molecule is O=c1[nH]ncc2nc(CO)ncc12. The highest BCUT2D eigenvalue weighted by atomic mass is 16.3. The fourth-order valence-electron chi connectivity index (χ4n) is 0.995. The molecule has 0 fully saturated rings. The second-order valence-corrected chi connectivity index (χ2v) is 2.44. The highest BCUT2D eigenvalue weighted by Crippen LogP contribution is 2.02. The van der Waals surface area contributed by atoms with Gasteiger partial charge in [-0.1, -0.05) is 0 Å². The maximum Gasteiger partial charge on any atom is 0.275 e. The molecule has 0 atom stereocenters. The lowest BCUT2D eigenvalue weighted by Crippen LogP contribution is -2.09. The van der Waals surface area contributed by atoms with Gasteiger partial charge in [-0.2, -0.15) is 5.10 Å². The molecule has 0 aliphatic heterocycles. The molecule has 2 heterocycles. The van der Waals surface area contributed by atoms with E-state index in [1.54, 1.807) is 0 Å². The van der Waals surface area contributed by atoms with E-state index in [9.17, 15) is 4.79 Å². The number of fused-ring (bicyclic) bond motifs is 1. The molecule has 2 N–H and O–H groups in total. The minimum Gasteiger partial charge on any atom is -0.388 e. The molecule has 0 aliphatic carbocycles. The highest BCUT2D eigenvalue weighted by Gasteiger charge is 2.01. The number of aromatic nitrogens is 4. The van der Waals surface area contributed by atoms with Gasteiger partial charge in [-0.25, -0.2) is 15.1 Å². The van der Waals surface area contributed by atoms with Crippen LogP contribution in [0.1, 0.15) is 5.82 Å². The summed E-state index contributed by atoms with van der Waals surface area (Å²) in [5, 5.41) is 14.9. The van der Waals surface area contributed by atoms with E-state index in [2.05, 4.69) is 20.2 Å². The molecule has 66 valence electrons. The number of aliphatic hydroxyl groups is 1. The van der Waals surface area contributed by atoms with E-state index in [0.29, 0.717) is 10.9 Å². The van der Waals surface area contributed by atoms with E-state index < -0.39 is 0 Å². The summed E-state index contributed by atoms with van der Waals surface area (Å²) in [6.07, 6.45) is 2.78. The number of H-pyrrole nitrogens is 1. The Morgan fingerprint density at radius 2 is 2.31 bits per heavy atom. The van der Waals surface area contributed by atoms with Crippen LogP contribution in [0.3, 0.4) is 0 Å². The van der Waals surface area contributed by atoms with E-state index in [1.807, 2.05) is 0 Å². The molecule has 0 amide bonds. The number of aromatic amines is 1. The molecule has 0 saturated heterocycles.